The van der Waals surface area contributed by atoms with E-state index in [0.717, 1.165) is 63.5 Å². The van der Waals surface area contributed by atoms with Gasteiger partial charge in [0.05, 0.1) is 5.41 Å². The Bertz CT molecular complexity index is 696. The highest BCUT2D eigenvalue weighted by Gasteiger charge is 2.42. The molecule has 0 bridgehead atoms. The van der Waals surface area contributed by atoms with Crippen LogP contribution in [0, 0.1) is 11.2 Å². The van der Waals surface area contributed by atoms with E-state index in [1.165, 1.54) is 12.1 Å². The first-order chi connectivity index (χ1) is 13.4. The van der Waals surface area contributed by atoms with Gasteiger partial charge in [0, 0.05) is 59.6 Å². The number of piperazine rings is 1. The smallest absolute Gasteiger partial charge is 0.230 e. The fourth-order valence-electron chi connectivity index (χ4n) is 4.40. The van der Waals surface area contributed by atoms with Crippen LogP contribution >= 0.6 is 24.0 Å². The molecule has 2 aliphatic rings. The first-order valence-electron chi connectivity index (χ1n) is 10.1. The number of anilines is 1. The van der Waals surface area contributed by atoms with E-state index < -0.39 is 0 Å². The van der Waals surface area contributed by atoms with Gasteiger partial charge in [-0.05, 0) is 37.1 Å². The molecule has 0 atom stereocenters. The van der Waals surface area contributed by atoms with Crippen molar-refractivity contribution in [3.05, 3.63) is 30.1 Å². The fourth-order valence-corrected chi connectivity index (χ4v) is 4.40. The number of nitrogens with zero attached hydrogens (tertiary/aromatic N) is 4. The quantitative estimate of drug-likeness (QED) is 0.379. The van der Waals surface area contributed by atoms with Crippen molar-refractivity contribution < 1.29 is 9.18 Å². The molecule has 2 fully saturated rings. The second-order valence-corrected chi connectivity index (χ2v) is 8.04. The van der Waals surface area contributed by atoms with E-state index in [1.54, 1.807) is 11.9 Å². The molecule has 29 heavy (non-hydrogen) atoms. The van der Waals surface area contributed by atoms with E-state index in [9.17, 15) is 9.18 Å². The molecule has 1 N–H and O–H groups in total. The number of hydrogen-bond donors (Lipinski definition) is 1. The van der Waals surface area contributed by atoms with Gasteiger partial charge in [-0.2, -0.15) is 0 Å². The number of carbonyl (C=O) groups excluding carboxylic acids is 1. The lowest BCUT2D eigenvalue weighted by Gasteiger charge is -2.39. The van der Waals surface area contributed by atoms with Gasteiger partial charge in [-0.15, -0.1) is 24.0 Å². The highest BCUT2D eigenvalue weighted by molar-refractivity contribution is 14.0. The molecular weight excluding hydrogens is 484 g/mol. The lowest BCUT2D eigenvalue weighted by molar-refractivity contribution is -0.138. The maximum atomic E-state index is 13.1. The second kappa shape index (κ2) is 10.4. The third-order valence-corrected chi connectivity index (χ3v) is 5.99. The Morgan fingerprint density at radius 2 is 1.72 bits per heavy atom. The fraction of sp³-hybridized carbons (Fsp3) is 0.619. The van der Waals surface area contributed by atoms with Crippen LogP contribution in [-0.4, -0.2) is 75.5 Å². The van der Waals surface area contributed by atoms with Gasteiger partial charge in [-0.3, -0.25) is 9.79 Å². The van der Waals surface area contributed by atoms with Gasteiger partial charge in [0.1, 0.15) is 5.82 Å². The predicted molar refractivity (Wildman–Crippen MR) is 127 cm³/mol. The molecule has 1 amide bonds. The summed E-state index contributed by atoms with van der Waals surface area (Å²) in [5, 5.41) is 3.48. The largest absolute Gasteiger partial charge is 0.368 e. The summed E-state index contributed by atoms with van der Waals surface area (Å²) in [7, 11) is 5.47. The Balaban J connectivity index is 0.00000300. The van der Waals surface area contributed by atoms with E-state index in [2.05, 4.69) is 20.1 Å². The first kappa shape index (κ1) is 23.7. The maximum absolute atomic E-state index is 13.1. The molecule has 6 nitrogen and oxygen atoms in total. The Morgan fingerprint density at radius 3 is 2.24 bits per heavy atom. The van der Waals surface area contributed by atoms with Gasteiger partial charge in [0.2, 0.25) is 5.91 Å². The molecule has 0 spiro atoms. The third kappa shape index (κ3) is 5.52. The number of hydrogen-bond acceptors (Lipinski definition) is 3. The van der Waals surface area contributed by atoms with Crippen molar-refractivity contribution in [1.29, 1.82) is 0 Å². The van der Waals surface area contributed by atoms with Gasteiger partial charge < -0.3 is 20.0 Å². The molecule has 0 unspecified atom stereocenters. The van der Waals surface area contributed by atoms with Crippen LogP contribution in [0.5, 0.6) is 0 Å². The summed E-state index contributed by atoms with van der Waals surface area (Å²) >= 11 is 0. The van der Waals surface area contributed by atoms with Gasteiger partial charge in [0.25, 0.3) is 0 Å². The zero-order chi connectivity index (χ0) is 20.1. The topological polar surface area (TPSA) is 51.2 Å². The molecule has 8 heteroatoms. The molecule has 0 aromatic heterocycles. The number of benzene rings is 1. The second-order valence-electron chi connectivity index (χ2n) is 8.04. The minimum atomic E-state index is -0.310. The van der Waals surface area contributed by atoms with Crippen LogP contribution in [0.25, 0.3) is 0 Å². The van der Waals surface area contributed by atoms with Crippen molar-refractivity contribution in [2.75, 3.05) is 58.8 Å². The van der Waals surface area contributed by atoms with Crippen molar-refractivity contribution in [2.24, 2.45) is 10.4 Å². The molecule has 3 rings (SSSR count). The van der Waals surface area contributed by atoms with E-state index >= 15 is 0 Å². The molecular formula is C21H33FIN5O. The lowest BCUT2D eigenvalue weighted by atomic mass is 9.84. The predicted octanol–water partition coefficient (Wildman–Crippen LogP) is 2.79. The lowest BCUT2D eigenvalue weighted by Crippen LogP contribution is -2.55. The van der Waals surface area contributed by atoms with Gasteiger partial charge in [0.15, 0.2) is 5.96 Å². The zero-order valence-electron chi connectivity index (χ0n) is 17.7. The molecule has 162 valence electrons. The summed E-state index contributed by atoms with van der Waals surface area (Å²) in [4.78, 5) is 23.4. The molecule has 1 aromatic rings. The van der Waals surface area contributed by atoms with Crippen LogP contribution in [0.15, 0.2) is 29.3 Å². The van der Waals surface area contributed by atoms with E-state index in [4.69, 9.17) is 0 Å². The van der Waals surface area contributed by atoms with Crippen molar-refractivity contribution in [3.63, 3.8) is 0 Å². The minimum absolute atomic E-state index is 0. The Morgan fingerprint density at radius 1 is 1.14 bits per heavy atom. The molecule has 1 saturated heterocycles. The van der Waals surface area contributed by atoms with Crippen molar-refractivity contribution >= 4 is 41.5 Å². The third-order valence-electron chi connectivity index (χ3n) is 5.99. The molecule has 1 aliphatic carbocycles. The number of aliphatic imine (C=N–C) groups is 1. The van der Waals surface area contributed by atoms with Gasteiger partial charge >= 0.3 is 0 Å². The number of halogens is 2. The van der Waals surface area contributed by atoms with Crippen molar-refractivity contribution in [1.82, 2.24) is 15.1 Å². The zero-order valence-corrected chi connectivity index (χ0v) is 20.0. The molecule has 1 aliphatic heterocycles. The van der Waals surface area contributed by atoms with Crippen LogP contribution in [0.1, 0.15) is 25.7 Å². The van der Waals surface area contributed by atoms with Crippen molar-refractivity contribution in [3.8, 4) is 0 Å². The normalized spacial score (nSPS) is 19.0. The summed E-state index contributed by atoms with van der Waals surface area (Å²) in [5.74, 6) is 0.866. The number of guanidine groups is 1. The van der Waals surface area contributed by atoms with E-state index in [-0.39, 0.29) is 41.1 Å². The van der Waals surface area contributed by atoms with Crippen LogP contribution in [-0.2, 0) is 4.79 Å². The Hall–Kier alpha value is -1.58. The highest BCUT2D eigenvalue weighted by atomic mass is 127. The van der Waals surface area contributed by atoms with Crippen LogP contribution < -0.4 is 10.2 Å². The van der Waals surface area contributed by atoms with Crippen molar-refractivity contribution in [2.45, 2.75) is 25.7 Å². The van der Waals surface area contributed by atoms with Crippen LogP contribution in [0.4, 0.5) is 10.1 Å². The summed E-state index contributed by atoms with van der Waals surface area (Å²) in [6.45, 7) is 4.02. The SMILES string of the molecule is CN=C(NCC1(C(=O)N(C)C)CCCC1)N1CCN(c2ccc(F)cc2)CC1.I. The number of amides is 1. The average molecular weight is 517 g/mol. The Labute approximate surface area is 190 Å². The number of nitrogens with one attached hydrogen (secondary N) is 1. The van der Waals surface area contributed by atoms with Crippen LogP contribution in [0.2, 0.25) is 0 Å². The molecule has 0 radical (unpaired) electrons. The summed E-state index contributed by atoms with van der Waals surface area (Å²) in [6.07, 6.45) is 4.09. The standard InChI is InChI=1S/C21H32FN5O.HI/c1-23-20(24-16-21(10-4-5-11-21)19(28)25(2)3)27-14-12-26(13-15-27)18-8-6-17(22)7-9-18;/h6-9H,4-5,10-16H2,1-3H3,(H,23,24);1H. The van der Waals surface area contributed by atoms with E-state index in [1.807, 2.05) is 26.2 Å². The average Bonchev–Trinajstić information content (AvgIpc) is 3.19. The highest BCUT2D eigenvalue weighted by Crippen LogP contribution is 2.39. The van der Waals surface area contributed by atoms with E-state index in [0.29, 0.717) is 6.54 Å². The summed E-state index contributed by atoms with van der Waals surface area (Å²) in [5.41, 5.74) is 0.737. The van der Waals surface area contributed by atoms with Crippen LogP contribution in [0.3, 0.4) is 0 Å². The number of rotatable bonds is 4. The Kier molecular flexibility index (Phi) is 8.54. The molecule has 1 aromatic carbocycles. The summed E-state index contributed by atoms with van der Waals surface area (Å²) in [6, 6.07) is 6.67. The van der Waals surface area contributed by atoms with Gasteiger partial charge in [-0.1, -0.05) is 12.8 Å². The monoisotopic (exact) mass is 517 g/mol. The maximum Gasteiger partial charge on any atom is 0.230 e. The minimum Gasteiger partial charge on any atom is -0.368 e. The first-order valence-corrected chi connectivity index (χ1v) is 10.1. The van der Waals surface area contributed by atoms with Gasteiger partial charge in [-0.25, -0.2) is 4.39 Å². The summed E-state index contributed by atoms with van der Waals surface area (Å²) < 4.78 is 13.1. The number of carbonyl (C=O) groups is 1. The molecule has 1 heterocycles. The molecule has 1 saturated carbocycles.